The highest BCUT2D eigenvalue weighted by Gasteiger charge is 2.18. The number of fused-ring (bicyclic) bond motifs is 1. The van der Waals surface area contributed by atoms with Gasteiger partial charge in [-0.1, -0.05) is 18.2 Å². The topological polar surface area (TPSA) is 90.5 Å². The average Bonchev–Trinajstić information content (AvgIpc) is 2.77. The van der Waals surface area contributed by atoms with Gasteiger partial charge in [0, 0.05) is 18.9 Å². The molecular weight excluding hydrogens is 316 g/mol. The number of carbonyl (C=O) groups excluding carboxylic acids is 1. The third-order valence-corrected chi connectivity index (χ3v) is 3.85. The summed E-state index contributed by atoms with van der Waals surface area (Å²) in [6, 6.07) is 14.5. The molecule has 0 radical (unpaired) electrons. The fourth-order valence-electron chi connectivity index (χ4n) is 2.71. The van der Waals surface area contributed by atoms with E-state index in [0.29, 0.717) is 22.5 Å². The van der Waals surface area contributed by atoms with Crippen LogP contribution in [0.25, 0.3) is 6.08 Å². The number of hydrogen-bond donors (Lipinski definition) is 1. The normalized spacial score (nSPS) is 13.7. The Morgan fingerprint density at radius 1 is 1.20 bits per heavy atom. The van der Waals surface area contributed by atoms with Crippen molar-refractivity contribution < 1.29 is 14.7 Å². The molecule has 0 aliphatic carbocycles. The fraction of sp³-hybridized carbons (Fsp3) is 0.100. The fourth-order valence-corrected chi connectivity index (χ4v) is 2.71. The summed E-state index contributed by atoms with van der Waals surface area (Å²) in [4.78, 5) is 27.6. The van der Waals surface area contributed by atoms with Crippen LogP contribution in [0.2, 0.25) is 0 Å². The Morgan fingerprint density at radius 3 is 2.80 bits per heavy atom. The molecule has 5 nitrogen and oxygen atoms in total. The number of carboxylic acid groups (broad SMARTS) is 1. The van der Waals surface area contributed by atoms with E-state index >= 15 is 0 Å². The number of nitriles is 1. The van der Waals surface area contributed by atoms with Gasteiger partial charge in [-0.05, 0) is 47.0 Å². The summed E-state index contributed by atoms with van der Waals surface area (Å²) >= 11 is 0. The quantitative estimate of drug-likeness (QED) is 0.874. The molecule has 1 heterocycles. The zero-order chi connectivity index (χ0) is 17.8. The molecular formula is C20H14N2O3. The predicted molar refractivity (Wildman–Crippen MR) is 93.8 cm³/mol. The second-order valence-electron chi connectivity index (χ2n) is 5.70. The highest BCUT2D eigenvalue weighted by molar-refractivity contribution is 6.13. The summed E-state index contributed by atoms with van der Waals surface area (Å²) in [6.45, 7) is 0. The molecule has 0 bridgehead atoms. The van der Waals surface area contributed by atoms with Crippen LogP contribution in [0, 0.1) is 11.3 Å². The average molecular weight is 330 g/mol. The molecule has 1 N–H and O–H groups in total. The van der Waals surface area contributed by atoms with E-state index in [4.69, 9.17) is 10.4 Å². The van der Waals surface area contributed by atoms with Gasteiger partial charge < -0.3 is 5.11 Å². The maximum atomic E-state index is 12.3. The largest absolute Gasteiger partial charge is 0.478 e. The summed E-state index contributed by atoms with van der Waals surface area (Å²) < 4.78 is 0. The molecule has 25 heavy (non-hydrogen) atoms. The van der Waals surface area contributed by atoms with Crippen molar-refractivity contribution in [3.63, 3.8) is 0 Å². The van der Waals surface area contributed by atoms with Crippen LogP contribution in [0.1, 0.15) is 28.7 Å². The van der Waals surface area contributed by atoms with E-state index in [1.165, 1.54) is 6.08 Å². The second-order valence-corrected chi connectivity index (χ2v) is 5.70. The molecule has 0 saturated carbocycles. The Labute approximate surface area is 144 Å². The van der Waals surface area contributed by atoms with E-state index in [0.717, 1.165) is 17.2 Å². The number of aliphatic carboxylic acids is 1. The molecule has 3 rings (SSSR count). The molecule has 0 fully saturated rings. The number of aliphatic imine (C=N–C) groups is 1. The summed E-state index contributed by atoms with van der Waals surface area (Å²) in [5, 5.41) is 17.8. The van der Waals surface area contributed by atoms with Crippen LogP contribution in [0.5, 0.6) is 0 Å². The van der Waals surface area contributed by atoms with Gasteiger partial charge in [-0.15, -0.1) is 0 Å². The molecule has 0 aromatic heterocycles. The van der Waals surface area contributed by atoms with Crippen molar-refractivity contribution in [1.29, 1.82) is 5.26 Å². The molecule has 0 amide bonds. The lowest BCUT2D eigenvalue weighted by Crippen LogP contribution is -2.09. The van der Waals surface area contributed by atoms with Gasteiger partial charge in [0.2, 0.25) is 0 Å². The summed E-state index contributed by atoms with van der Waals surface area (Å²) in [7, 11) is 0. The molecule has 1 aliphatic heterocycles. The van der Waals surface area contributed by atoms with Gasteiger partial charge in [0.15, 0.2) is 0 Å². The van der Waals surface area contributed by atoms with Crippen LogP contribution >= 0.6 is 0 Å². The number of nitrogens with zero attached hydrogens (tertiary/aromatic N) is 2. The minimum atomic E-state index is -1.02. The van der Waals surface area contributed by atoms with Crippen LogP contribution in [0.3, 0.4) is 0 Å². The van der Waals surface area contributed by atoms with Crippen LogP contribution < -0.4 is 0 Å². The molecule has 122 valence electrons. The first-order valence-electron chi connectivity index (χ1n) is 7.69. The summed E-state index contributed by atoms with van der Waals surface area (Å²) in [5.74, 6) is -0.997. The lowest BCUT2D eigenvalue weighted by atomic mass is 10.0. The molecule has 0 saturated heterocycles. The number of hydrogen-bond acceptors (Lipinski definition) is 4. The number of benzene rings is 2. The molecule has 0 unspecified atom stereocenters. The van der Waals surface area contributed by atoms with E-state index in [1.54, 1.807) is 36.4 Å². The molecule has 0 atom stereocenters. The Hall–Kier alpha value is -3.52. The maximum absolute atomic E-state index is 12.3. The van der Waals surface area contributed by atoms with Crippen LogP contribution in [-0.4, -0.2) is 22.6 Å². The van der Waals surface area contributed by atoms with Crippen molar-refractivity contribution in [2.45, 2.75) is 12.8 Å². The smallest absolute Gasteiger partial charge is 0.328 e. The second kappa shape index (κ2) is 6.93. The van der Waals surface area contributed by atoms with Gasteiger partial charge >= 0.3 is 5.97 Å². The molecule has 0 spiro atoms. The van der Waals surface area contributed by atoms with Gasteiger partial charge in [-0.25, -0.2) is 4.79 Å². The molecule has 2 aromatic rings. The predicted octanol–water partition coefficient (Wildman–Crippen LogP) is 3.29. The van der Waals surface area contributed by atoms with Gasteiger partial charge in [0.05, 0.1) is 23.0 Å². The molecule has 2 aromatic carbocycles. The lowest BCUT2D eigenvalue weighted by Gasteiger charge is -2.05. The van der Waals surface area contributed by atoms with Gasteiger partial charge in [0.1, 0.15) is 5.78 Å². The van der Waals surface area contributed by atoms with Crippen molar-refractivity contribution in [2.24, 2.45) is 4.99 Å². The van der Waals surface area contributed by atoms with Crippen LogP contribution in [-0.2, 0) is 16.0 Å². The summed E-state index contributed by atoms with van der Waals surface area (Å²) in [6.07, 6.45) is 2.99. The summed E-state index contributed by atoms with van der Waals surface area (Å²) in [5.41, 5.74) is 4.08. The number of Topliss-reactive ketones (excluding diaryl/α,β-unsaturated/α-hetero) is 1. The minimum absolute atomic E-state index is 0.0271. The standard InChI is InChI=1S/C20H14N2O3/c21-12-14-2-1-3-15(9-14)19-11-17(23)10-16-8-13(5-7-20(24)25)4-6-18(16)22-19/h1-9H,10-11H2,(H,24,25)/b7-5+. The first kappa shape index (κ1) is 16.3. The molecule has 1 aliphatic rings. The van der Waals surface area contributed by atoms with Gasteiger partial charge in [0.25, 0.3) is 0 Å². The van der Waals surface area contributed by atoms with Crippen molar-refractivity contribution in [2.75, 3.05) is 0 Å². The maximum Gasteiger partial charge on any atom is 0.328 e. The Balaban J connectivity index is 2.02. The third kappa shape index (κ3) is 3.88. The van der Waals surface area contributed by atoms with E-state index < -0.39 is 5.97 Å². The van der Waals surface area contributed by atoms with Crippen molar-refractivity contribution in [3.8, 4) is 6.07 Å². The number of ketones is 1. The monoisotopic (exact) mass is 330 g/mol. The Morgan fingerprint density at radius 2 is 2.04 bits per heavy atom. The first-order chi connectivity index (χ1) is 12.0. The van der Waals surface area contributed by atoms with Gasteiger partial charge in [-0.3, -0.25) is 9.79 Å². The van der Waals surface area contributed by atoms with E-state index in [2.05, 4.69) is 11.1 Å². The SMILES string of the molecule is N#Cc1cccc(C2=Nc3ccc(/C=C/C(=O)O)cc3CC(=O)C2)c1. The zero-order valence-corrected chi connectivity index (χ0v) is 13.3. The van der Waals surface area contributed by atoms with Crippen molar-refractivity contribution in [3.05, 3.63) is 70.8 Å². The molecule has 5 heteroatoms. The Kier molecular flexibility index (Phi) is 4.53. The van der Waals surface area contributed by atoms with Crippen LogP contribution in [0.15, 0.2) is 53.5 Å². The highest BCUT2D eigenvalue weighted by atomic mass is 16.4. The first-order valence-corrected chi connectivity index (χ1v) is 7.69. The Bertz CT molecular complexity index is 965. The third-order valence-electron chi connectivity index (χ3n) is 3.85. The zero-order valence-electron chi connectivity index (χ0n) is 13.3. The van der Waals surface area contributed by atoms with Crippen molar-refractivity contribution in [1.82, 2.24) is 0 Å². The van der Waals surface area contributed by atoms with E-state index in [1.807, 2.05) is 6.07 Å². The lowest BCUT2D eigenvalue weighted by molar-refractivity contribution is -0.131. The van der Waals surface area contributed by atoms with Crippen molar-refractivity contribution >= 4 is 29.2 Å². The van der Waals surface area contributed by atoms with E-state index in [9.17, 15) is 9.59 Å². The van der Waals surface area contributed by atoms with Crippen LogP contribution in [0.4, 0.5) is 5.69 Å². The highest BCUT2D eigenvalue weighted by Crippen LogP contribution is 2.27. The van der Waals surface area contributed by atoms with E-state index in [-0.39, 0.29) is 18.6 Å². The number of carboxylic acids is 1. The minimum Gasteiger partial charge on any atom is -0.478 e. The van der Waals surface area contributed by atoms with Gasteiger partial charge in [-0.2, -0.15) is 5.26 Å². The number of rotatable bonds is 3. The number of carbonyl (C=O) groups is 2.